The summed E-state index contributed by atoms with van der Waals surface area (Å²) >= 11 is 3.35. The number of nitrogens with zero attached hydrogens (tertiary/aromatic N) is 1. The number of hydrogen-bond acceptors (Lipinski definition) is 2. The summed E-state index contributed by atoms with van der Waals surface area (Å²) < 4.78 is 0. The number of anilines is 2. The van der Waals surface area contributed by atoms with E-state index in [0.29, 0.717) is 12.8 Å². The number of rotatable bonds is 6. The zero-order valence-electron chi connectivity index (χ0n) is 12.1. The third-order valence-corrected chi connectivity index (χ3v) is 4.13. The highest BCUT2D eigenvalue weighted by Crippen LogP contribution is 2.22. The minimum absolute atomic E-state index is 0.0396. The van der Waals surface area contributed by atoms with E-state index in [1.165, 1.54) is 0 Å². The molecule has 0 unspecified atom stereocenters. The topological polar surface area (TPSA) is 49.4 Å². The minimum atomic E-state index is 0.0396. The maximum atomic E-state index is 11.9. The standard InChI is InChI=1S/C16H21BrN2O2/c17-11-3-1-5-15(20)18-13-7-9-14(10-8-13)19-12-4-2-6-16(19)21/h7-10H,1-6,11-12H2,(H,18,20). The molecule has 0 spiro atoms. The molecule has 4 nitrogen and oxygen atoms in total. The smallest absolute Gasteiger partial charge is 0.226 e. The molecule has 1 fully saturated rings. The lowest BCUT2D eigenvalue weighted by Crippen LogP contribution is -2.35. The number of alkyl halides is 1. The van der Waals surface area contributed by atoms with Crippen molar-refractivity contribution in [2.75, 3.05) is 22.1 Å². The van der Waals surface area contributed by atoms with Gasteiger partial charge in [0.25, 0.3) is 0 Å². The maximum Gasteiger partial charge on any atom is 0.226 e. The van der Waals surface area contributed by atoms with E-state index in [2.05, 4.69) is 21.2 Å². The van der Waals surface area contributed by atoms with Gasteiger partial charge in [0, 0.05) is 36.1 Å². The first-order valence-corrected chi connectivity index (χ1v) is 8.59. The van der Waals surface area contributed by atoms with E-state index in [9.17, 15) is 9.59 Å². The number of nitrogens with one attached hydrogen (secondary N) is 1. The molecule has 1 N–H and O–H groups in total. The highest BCUT2D eigenvalue weighted by Gasteiger charge is 2.19. The lowest BCUT2D eigenvalue weighted by Gasteiger charge is -2.26. The first kappa shape index (κ1) is 16.0. The molecule has 114 valence electrons. The van der Waals surface area contributed by atoms with E-state index in [4.69, 9.17) is 0 Å². The average Bonchev–Trinajstić information content (AvgIpc) is 2.49. The lowest BCUT2D eigenvalue weighted by atomic mass is 10.1. The zero-order chi connectivity index (χ0) is 15.1. The monoisotopic (exact) mass is 352 g/mol. The van der Waals surface area contributed by atoms with Crippen LogP contribution in [0.3, 0.4) is 0 Å². The van der Waals surface area contributed by atoms with Crippen LogP contribution in [0.25, 0.3) is 0 Å². The number of amides is 2. The van der Waals surface area contributed by atoms with Gasteiger partial charge in [-0.3, -0.25) is 9.59 Å². The summed E-state index contributed by atoms with van der Waals surface area (Å²) in [5, 5.41) is 3.81. The van der Waals surface area contributed by atoms with Gasteiger partial charge in [-0.2, -0.15) is 0 Å². The summed E-state index contributed by atoms with van der Waals surface area (Å²) in [5.41, 5.74) is 1.70. The van der Waals surface area contributed by atoms with Gasteiger partial charge in [-0.15, -0.1) is 0 Å². The Morgan fingerprint density at radius 1 is 1.19 bits per heavy atom. The molecule has 1 aliphatic heterocycles. The van der Waals surface area contributed by atoms with Crippen molar-refractivity contribution >= 4 is 39.1 Å². The molecular weight excluding hydrogens is 332 g/mol. The van der Waals surface area contributed by atoms with Crippen LogP contribution in [0.2, 0.25) is 0 Å². The van der Waals surface area contributed by atoms with Crippen molar-refractivity contribution in [3.63, 3.8) is 0 Å². The SMILES string of the molecule is O=C(CCCCBr)Nc1ccc(N2CCCCC2=O)cc1. The molecular formula is C16H21BrN2O2. The maximum absolute atomic E-state index is 11.9. The Kier molecular flexibility index (Phi) is 6.23. The molecule has 1 aliphatic rings. The molecule has 0 bridgehead atoms. The van der Waals surface area contributed by atoms with Gasteiger partial charge < -0.3 is 10.2 Å². The van der Waals surface area contributed by atoms with Crippen LogP contribution in [-0.4, -0.2) is 23.7 Å². The van der Waals surface area contributed by atoms with Gasteiger partial charge in [0.2, 0.25) is 11.8 Å². The number of carbonyl (C=O) groups is 2. The fourth-order valence-corrected chi connectivity index (χ4v) is 2.80. The van der Waals surface area contributed by atoms with E-state index >= 15 is 0 Å². The fourth-order valence-electron chi connectivity index (χ4n) is 2.41. The Morgan fingerprint density at radius 2 is 1.95 bits per heavy atom. The number of halogens is 1. The number of carbonyl (C=O) groups excluding carboxylic acids is 2. The van der Waals surface area contributed by atoms with Gasteiger partial charge >= 0.3 is 0 Å². The predicted octanol–water partition coefficient (Wildman–Crippen LogP) is 3.71. The van der Waals surface area contributed by atoms with Crippen molar-refractivity contribution in [2.24, 2.45) is 0 Å². The second-order valence-corrected chi connectivity index (χ2v) is 6.04. The normalized spacial score (nSPS) is 15.1. The average molecular weight is 353 g/mol. The van der Waals surface area contributed by atoms with Crippen molar-refractivity contribution < 1.29 is 9.59 Å². The highest BCUT2D eigenvalue weighted by molar-refractivity contribution is 9.09. The van der Waals surface area contributed by atoms with Crippen LogP contribution in [0.5, 0.6) is 0 Å². The van der Waals surface area contributed by atoms with Crippen molar-refractivity contribution in [3.05, 3.63) is 24.3 Å². The van der Waals surface area contributed by atoms with E-state index in [0.717, 1.165) is 48.9 Å². The number of benzene rings is 1. The van der Waals surface area contributed by atoms with Crippen molar-refractivity contribution in [1.29, 1.82) is 0 Å². The molecule has 5 heteroatoms. The van der Waals surface area contributed by atoms with E-state index in [1.807, 2.05) is 29.2 Å². The number of piperidine rings is 1. The quantitative estimate of drug-likeness (QED) is 0.626. The largest absolute Gasteiger partial charge is 0.326 e. The summed E-state index contributed by atoms with van der Waals surface area (Å²) in [4.78, 5) is 25.4. The molecule has 0 atom stereocenters. The molecule has 0 radical (unpaired) electrons. The number of unbranched alkanes of at least 4 members (excludes halogenated alkanes) is 1. The Labute approximate surface area is 134 Å². The molecule has 0 aromatic heterocycles. The van der Waals surface area contributed by atoms with Crippen LogP contribution in [0, 0.1) is 0 Å². The van der Waals surface area contributed by atoms with E-state index < -0.39 is 0 Å². The third-order valence-electron chi connectivity index (χ3n) is 3.57. The lowest BCUT2D eigenvalue weighted by molar-refractivity contribution is -0.119. The van der Waals surface area contributed by atoms with Crippen LogP contribution in [0.15, 0.2) is 24.3 Å². The minimum Gasteiger partial charge on any atom is -0.326 e. The third kappa shape index (κ3) is 4.84. The Hall–Kier alpha value is -1.36. The van der Waals surface area contributed by atoms with Crippen LogP contribution < -0.4 is 10.2 Å². The van der Waals surface area contributed by atoms with E-state index in [-0.39, 0.29) is 11.8 Å². The molecule has 1 aromatic carbocycles. The summed E-state index contributed by atoms with van der Waals surface area (Å²) in [6.07, 6.45) is 5.10. The molecule has 1 heterocycles. The fraction of sp³-hybridized carbons (Fsp3) is 0.500. The molecule has 1 aromatic rings. The molecule has 21 heavy (non-hydrogen) atoms. The van der Waals surface area contributed by atoms with Gasteiger partial charge in [-0.05, 0) is 49.9 Å². The summed E-state index contributed by atoms with van der Waals surface area (Å²) in [7, 11) is 0. The molecule has 0 saturated carbocycles. The first-order chi connectivity index (χ1) is 10.2. The van der Waals surface area contributed by atoms with Gasteiger partial charge in [-0.1, -0.05) is 15.9 Å². The number of hydrogen-bond donors (Lipinski definition) is 1. The van der Waals surface area contributed by atoms with Crippen LogP contribution in [-0.2, 0) is 9.59 Å². The van der Waals surface area contributed by atoms with E-state index in [1.54, 1.807) is 0 Å². The highest BCUT2D eigenvalue weighted by atomic mass is 79.9. The van der Waals surface area contributed by atoms with Gasteiger partial charge in [-0.25, -0.2) is 0 Å². The molecule has 2 amide bonds. The second kappa shape index (κ2) is 8.17. The molecule has 0 aliphatic carbocycles. The predicted molar refractivity (Wildman–Crippen MR) is 88.9 cm³/mol. The van der Waals surface area contributed by atoms with Gasteiger partial charge in [0.1, 0.15) is 0 Å². The molecule has 2 rings (SSSR count). The van der Waals surface area contributed by atoms with Crippen LogP contribution in [0.4, 0.5) is 11.4 Å². The van der Waals surface area contributed by atoms with Crippen LogP contribution in [0.1, 0.15) is 38.5 Å². The summed E-state index contributed by atoms with van der Waals surface area (Å²) in [6.45, 7) is 0.789. The second-order valence-electron chi connectivity index (χ2n) is 5.24. The van der Waals surface area contributed by atoms with Crippen molar-refractivity contribution in [3.8, 4) is 0 Å². The van der Waals surface area contributed by atoms with Gasteiger partial charge in [0.05, 0.1) is 0 Å². The van der Waals surface area contributed by atoms with Crippen molar-refractivity contribution in [2.45, 2.75) is 38.5 Å². The Bertz CT molecular complexity index is 488. The van der Waals surface area contributed by atoms with Gasteiger partial charge in [0.15, 0.2) is 0 Å². The summed E-state index contributed by atoms with van der Waals surface area (Å²) in [5.74, 6) is 0.227. The Balaban J connectivity index is 1.89. The Morgan fingerprint density at radius 3 is 2.62 bits per heavy atom. The zero-order valence-corrected chi connectivity index (χ0v) is 13.7. The first-order valence-electron chi connectivity index (χ1n) is 7.47. The summed E-state index contributed by atoms with van der Waals surface area (Å²) in [6, 6.07) is 7.52. The van der Waals surface area contributed by atoms with Crippen molar-refractivity contribution in [1.82, 2.24) is 0 Å². The van der Waals surface area contributed by atoms with Crippen LogP contribution >= 0.6 is 15.9 Å². The molecule has 1 saturated heterocycles.